The standard InChI is InChI=1S/C18H16F3N5O2S/c1-12(16(27)22-14-7-9-15(10-8-14)28-18(19,20)21)29-17-23-24-25-26(17)11-13-5-3-2-4-6-13/h2-10,12H,11H2,1H3,(H,22,27). The van der Waals surface area contributed by atoms with Crippen molar-refractivity contribution in [1.82, 2.24) is 20.2 Å². The Kier molecular flexibility index (Phi) is 6.37. The van der Waals surface area contributed by atoms with Gasteiger partial charge in [-0.3, -0.25) is 4.79 Å². The monoisotopic (exact) mass is 423 g/mol. The van der Waals surface area contributed by atoms with Gasteiger partial charge in [-0.15, -0.1) is 18.3 Å². The fourth-order valence-electron chi connectivity index (χ4n) is 2.33. The second-order valence-electron chi connectivity index (χ2n) is 5.93. The van der Waals surface area contributed by atoms with Crippen LogP contribution in [0.1, 0.15) is 12.5 Å². The lowest BCUT2D eigenvalue weighted by Crippen LogP contribution is -2.23. The average Bonchev–Trinajstić information content (AvgIpc) is 3.09. The second kappa shape index (κ2) is 8.95. The molecule has 1 unspecified atom stereocenters. The van der Waals surface area contributed by atoms with Gasteiger partial charge in [0.15, 0.2) is 0 Å². The van der Waals surface area contributed by atoms with Gasteiger partial charge in [0.25, 0.3) is 0 Å². The number of amides is 1. The Morgan fingerprint density at radius 2 is 1.86 bits per heavy atom. The van der Waals surface area contributed by atoms with E-state index in [9.17, 15) is 18.0 Å². The molecule has 1 atom stereocenters. The molecule has 0 aliphatic rings. The summed E-state index contributed by atoms with van der Waals surface area (Å²) >= 11 is 1.18. The third-order valence-electron chi connectivity index (χ3n) is 3.68. The Morgan fingerprint density at radius 3 is 2.52 bits per heavy atom. The van der Waals surface area contributed by atoms with Crippen molar-refractivity contribution in [2.75, 3.05) is 5.32 Å². The van der Waals surface area contributed by atoms with Crippen LogP contribution in [0, 0.1) is 0 Å². The molecule has 0 bridgehead atoms. The molecule has 0 aliphatic carbocycles. The van der Waals surface area contributed by atoms with Crippen LogP contribution in [-0.4, -0.2) is 37.7 Å². The summed E-state index contributed by atoms with van der Waals surface area (Å²) in [4.78, 5) is 12.4. The van der Waals surface area contributed by atoms with Crippen molar-refractivity contribution in [3.63, 3.8) is 0 Å². The average molecular weight is 423 g/mol. The number of hydrogen-bond acceptors (Lipinski definition) is 6. The van der Waals surface area contributed by atoms with Crippen molar-refractivity contribution < 1.29 is 22.7 Å². The quantitative estimate of drug-likeness (QED) is 0.583. The number of tetrazole rings is 1. The number of benzene rings is 2. The molecule has 2 aromatic carbocycles. The highest BCUT2D eigenvalue weighted by Crippen LogP contribution is 2.25. The minimum absolute atomic E-state index is 0.339. The van der Waals surface area contributed by atoms with Gasteiger partial charge in [0.2, 0.25) is 11.1 Å². The van der Waals surface area contributed by atoms with Crippen LogP contribution < -0.4 is 10.1 Å². The van der Waals surface area contributed by atoms with Gasteiger partial charge in [0.1, 0.15) is 5.75 Å². The van der Waals surface area contributed by atoms with Crippen molar-refractivity contribution in [2.45, 2.75) is 30.2 Å². The van der Waals surface area contributed by atoms with E-state index in [1.54, 1.807) is 11.6 Å². The fourth-order valence-corrected chi connectivity index (χ4v) is 3.12. The molecule has 29 heavy (non-hydrogen) atoms. The molecular formula is C18H16F3N5O2S. The topological polar surface area (TPSA) is 81.9 Å². The van der Waals surface area contributed by atoms with E-state index in [2.05, 4.69) is 25.6 Å². The number of carbonyl (C=O) groups is 1. The number of carbonyl (C=O) groups excluding carboxylic acids is 1. The lowest BCUT2D eigenvalue weighted by molar-refractivity contribution is -0.274. The molecule has 7 nitrogen and oxygen atoms in total. The predicted octanol–water partition coefficient (Wildman–Crippen LogP) is 3.74. The van der Waals surface area contributed by atoms with Gasteiger partial charge >= 0.3 is 6.36 Å². The first-order valence-electron chi connectivity index (χ1n) is 8.43. The summed E-state index contributed by atoms with van der Waals surface area (Å²) in [6, 6.07) is 14.5. The van der Waals surface area contributed by atoms with E-state index in [4.69, 9.17) is 0 Å². The predicted molar refractivity (Wildman–Crippen MR) is 100 cm³/mol. The van der Waals surface area contributed by atoms with E-state index in [1.165, 1.54) is 23.9 Å². The van der Waals surface area contributed by atoms with Crippen molar-refractivity contribution in [1.29, 1.82) is 0 Å². The van der Waals surface area contributed by atoms with E-state index in [0.29, 0.717) is 17.4 Å². The van der Waals surface area contributed by atoms with Crippen molar-refractivity contribution in [3.05, 3.63) is 60.2 Å². The number of rotatable bonds is 7. The molecule has 1 amide bonds. The number of halogens is 3. The zero-order valence-corrected chi connectivity index (χ0v) is 15.9. The lowest BCUT2D eigenvalue weighted by atomic mass is 10.2. The maximum absolute atomic E-state index is 12.4. The van der Waals surface area contributed by atoms with Crippen LogP contribution >= 0.6 is 11.8 Å². The first-order valence-corrected chi connectivity index (χ1v) is 9.31. The maximum atomic E-state index is 12.4. The normalized spacial score (nSPS) is 12.4. The highest BCUT2D eigenvalue weighted by molar-refractivity contribution is 8.00. The first-order chi connectivity index (χ1) is 13.8. The first kappa shape index (κ1) is 20.6. The summed E-state index contributed by atoms with van der Waals surface area (Å²) in [6.45, 7) is 2.15. The molecule has 0 radical (unpaired) electrons. The summed E-state index contributed by atoms with van der Waals surface area (Å²) in [7, 11) is 0. The smallest absolute Gasteiger partial charge is 0.406 e. The van der Waals surface area contributed by atoms with Gasteiger partial charge in [0, 0.05) is 5.69 Å². The van der Waals surface area contributed by atoms with Crippen molar-refractivity contribution in [2.24, 2.45) is 0 Å². The highest BCUT2D eigenvalue weighted by atomic mass is 32.2. The number of aromatic nitrogens is 4. The summed E-state index contributed by atoms with van der Waals surface area (Å²) in [6.07, 6.45) is -4.76. The molecule has 0 saturated heterocycles. The molecule has 1 heterocycles. The number of nitrogens with zero attached hydrogens (tertiary/aromatic N) is 4. The largest absolute Gasteiger partial charge is 0.573 e. The zero-order chi connectivity index (χ0) is 20.9. The SMILES string of the molecule is CC(Sc1nnnn1Cc1ccccc1)C(=O)Nc1ccc(OC(F)(F)F)cc1. The summed E-state index contributed by atoms with van der Waals surface area (Å²) in [5, 5.41) is 14.1. The van der Waals surface area contributed by atoms with Crippen LogP contribution in [0.15, 0.2) is 59.8 Å². The summed E-state index contributed by atoms with van der Waals surface area (Å²) in [5.74, 6) is -0.702. The Bertz CT molecular complexity index is 948. The molecule has 11 heteroatoms. The van der Waals surface area contributed by atoms with E-state index in [0.717, 1.165) is 17.7 Å². The van der Waals surface area contributed by atoms with Gasteiger partial charge < -0.3 is 10.1 Å². The lowest BCUT2D eigenvalue weighted by Gasteiger charge is -2.13. The van der Waals surface area contributed by atoms with Gasteiger partial charge in [-0.1, -0.05) is 42.1 Å². The molecule has 0 saturated carbocycles. The molecular weight excluding hydrogens is 407 g/mol. The Hall–Kier alpha value is -3.08. The Labute approximate surface area is 168 Å². The van der Waals surface area contributed by atoms with Gasteiger partial charge in [-0.05, 0) is 47.2 Å². The minimum Gasteiger partial charge on any atom is -0.406 e. The van der Waals surface area contributed by atoms with E-state index in [-0.39, 0.29) is 11.7 Å². The fraction of sp³-hybridized carbons (Fsp3) is 0.222. The maximum Gasteiger partial charge on any atom is 0.573 e. The minimum atomic E-state index is -4.76. The molecule has 1 N–H and O–H groups in total. The summed E-state index contributed by atoms with van der Waals surface area (Å²) in [5.41, 5.74) is 1.36. The Balaban J connectivity index is 1.58. The third kappa shape index (κ3) is 6.21. The van der Waals surface area contributed by atoms with Gasteiger partial charge in [-0.25, -0.2) is 4.68 Å². The van der Waals surface area contributed by atoms with Crippen LogP contribution in [0.4, 0.5) is 18.9 Å². The van der Waals surface area contributed by atoms with Gasteiger partial charge in [-0.2, -0.15) is 0 Å². The van der Waals surface area contributed by atoms with Crippen LogP contribution in [0.25, 0.3) is 0 Å². The van der Waals surface area contributed by atoms with Crippen LogP contribution in [-0.2, 0) is 11.3 Å². The second-order valence-corrected chi connectivity index (χ2v) is 7.23. The number of ether oxygens (including phenoxy) is 1. The molecule has 1 aromatic heterocycles. The van der Waals surface area contributed by atoms with Crippen LogP contribution in [0.5, 0.6) is 5.75 Å². The third-order valence-corrected chi connectivity index (χ3v) is 4.75. The van der Waals surface area contributed by atoms with Crippen LogP contribution in [0.2, 0.25) is 0 Å². The molecule has 3 rings (SSSR count). The van der Waals surface area contributed by atoms with E-state index >= 15 is 0 Å². The number of anilines is 1. The van der Waals surface area contributed by atoms with Gasteiger partial charge in [0.05, 0.1) is 11.8 Å². The molecule has 0 spiro atoms. The molecule has 152 valence electrons. The zero-order valence-electron chi connectivity index (χ0n) is 15.1. The van der Waals surface area contributed by atoms with Crippen molar-refractivity contribution in [3.8, 4) is 5.75 Å². The summed E-state index contributed by atoms with van der Waals surface area (Å²) < 4.78 is 42.0. The van der Waals surface area contributed by atoms with E-state index in [1.807, 2.05) is 30.3 Å². The molecule has 0 fully saturated rings. The molecule has 0 aliphatic heterocycles. The number of nitrogens with one attached hydrogen (secondary N) is 1. The number of thioether (sulfide) groups is 1. The molecule has 3 aromatic rings. The van der Waals surface area contributed by atoms with E-state index < -0.39 is 11.6 Å². The van der Waals surface area contributed by atoms with Crippen molar-refractivity contribution >= 4 is 23.4 Å². The number of alkyl halides is 3. The Morgan fingerprint density at radius 1 is 1.17 bits per heavy atom. The van der Waals surface area contributed by atoms with Crippen LogP contribution in [0.3, 0.4) is 0 Å². The number of hydrogen-bond donors (Lipinski definition) is 1. The highest BCUT2D eigenvalue weighted by Gasteiger charge is 2.31.